The van der Waals surface area contributed by atoms with Crippen LogP contribution in [0.2, 0.25) is 0 Å². The summed E-state index contributed by atoms with van der Waals surface area (Å²) in [7, 11) is 0. The molecule has 1 fully saturated rings. The molecule has 5 rings (SSSR count). The van der Waals surface area contributed by atoms with Crippen LogP contribution in [0.4, 0.5) is 0 Å². The molecule has 1 atom stereocenters. The quantitative estimate of drug-likeness (QED) is 0.716. The van der Waals surface area contributed by atoms with Gasteiger partial charge < -0.3 is 9.67 Å². The van der Waals surface area contributed by atoms with Gasteiger partial charge in [0.05, 0.1) is 29.6 Å². The third-order valence-electron chi connectivity index (χ3n) is 6.15. The van der Waals surface area contributed by atoms with Gasteiger partial charge >= 0.3 is 0 Å². The standard InChI is InChI=1S/C22H25N5OS/c1-15-12-24-18(13-23-15)16-3-5-17(6-4-16)22(7-8-22)20-26-25-19-11-21(2,14-28)29-10-9-27(19)20/h3-6,12-13,28H,7-11,14H2,1-2H3/t21-/m1/s1. The lowest BCUT2D eigenvalue weighted by atomic mass is 9.93. The molecule has 2 aliphatic rings. The molecule has 1 aliphatic heterocycles. The molecule has 0 unspecified atom stereocenters. The molecule has 29 heavy (non-hydrogen) atoms. The van der Waals surface area contributed by atoms with Gasteiger partial charge in [0, 0.05) is 35.2 Å². The highest BCUT2D eigenvalue weighted by Gasteiger charge is 2.50. The fraction of sp³-hybridized carbons (Fsp3) is 0.455. The highest BCUT2D eigenvalue weighted by Crippen LogP contribution is 2.53. The molecule has 1 aliphatic carbocycles. The number of aliphatic hydroxyl groups excluding tert-OH is 1. The zero-order chi connectivity index (χ0) is 20.1. The minimum absolute atomic E-state index is 0.0344. The lowest BCUT2D eigenvalue weighted by Crippen LogP contribution is -2.28. The maximum absolute atomic E-state index is 9.81. The first-order valence-corrected chi connectivity index (χ1v) is 11.1. The number of fused-ring (bicyclic) bond motifs is 1. The Bertz CT molecular complexity index is 1030. The predicted octanol–water partition coefficient (Wildman–Crippen LogP) is 3.16. The Labute approximate surface area is 174 Å². The zero-order valence-corrected chi connectivity index (χ0v) is 17.6. The Morgan fingerprint density at radius 2 is 1.90 bits per heavy atom. The molecule has 7 heteroatoms. The lowest BCUT2D eigenvalue weighted by Gasteiger charge is -2.23. The normalized spacial score (nSPS) is 22.7. The minimum atomic E-state index is -0.175. The summed E-state index contributed by atoms with van der Waals surface area (Å²) in [6, 6.07) is 8.67. The van der Waals surface area contributed by atoms with Crippen molar-refractivity contribution in [3.8, 4) is 11.3 Å². The molecule has 0 saturated heterocycles. The molecule has 1 aromatic carbocycles. The van der Waals surface area contributed by atoms with Gasteiger partial charge in [0.15, 0.2) is 0 Å². The van der Waals surface area contributed by atoms with E-state index in [1.165, 1.54) is 5.56 Å². The van der Waals surface area contributed by atoms with E-state index in [0.29, 0.717) is 0 Å². The average molecular weight is 408 g/mol. The summed E-state index contributed by atoms with van der Waals surface area (Å²) in [5, 5.41) is 19.0. The fourth-order valence-electron chi connectivity index (χ4n) is 4.19. The fourth-order valence-corrected chi connectivity index (χ4v) is 5.28. The predicted molar refractivity (Wildman–Crippen MR) is 114 cm³/mol. The van der Waals surface area contributed by atoms with Crippen LogP contribution in [0, 0.1) is 6.92 Å². The Hall–Kier alpha value is -2.25. The Kier molecular flexibility index (Phi) is 4.47. The first kappa shape index (κ1) is 18.8. The van der Waals surface area contributed by atoms with Crippen LogP contribution in [-0.4, -0.2) is 46.9 Å². The van der Waals surface area contributed by atoms with Crippen LogP contribution >= 0.6 is 11.8 Å². The number of aliphatic hydroxyl groups is 1. The van der Waals surface area contributed by atoms with Crippen molar-refractivity contribution in [2.75, 3.05) is 12.4 Å². The zero-order valence-electron chi connectivity index (χ0n) is 16.8. The molecule has 150 valence electrons. The summed E-state index contributed by atoms with van der Waals surface area (Å²) in [4.78, 5) is 8.84. The summed E-state index contributed by atoms with van der Waals surface area (Å²) in [5.74, 6) is 3.05. The Morgan fingerprint density at radius 3 is 2.55 bits per heavy atom. The lowest BCUT2D eigenvalue weighted by molar-refractivity contribution is 0.254. The molecule has 3 heterocycles. The van der Waals surface area contributed by atoms with E-state index >= 15 is 0 Å². The number of hydrogen-bond acceptors (Lipinski definition) is 6. The summed E-state index contributed by atoms with van der Waals surface area (Å²) in [6.45, 7) is 5.12. The monoisotopic (exact) mass is 407 g/mol. The van der Waals surface area contributed by atoms with Crippen molar-refractivity contribution in [1.82, 2.24) is 24.7 Å². The molecule has 1 N–H and O–H groups in total. The van der Waals surface area contributed by atoms with E-state index in [1.54, 1.807) is 6.20 Å². The van der Waals surface area contributed by atoms with Crippen molar-refractivity contribution < 1.29 is 5.11 Å². The van der Waals surface area contributed by atoms with Gasteiger partial charge in [0.2, 0.25) is 0 Å². The summed E-state index contributed by atoms with van der Waals surface area (Å²) in [5.41, 5.74) is 4.15. The first-order chi connectivity index (χ1) is 14.0. The van der Waals surface area contributed by atoms with Gasteiger partial charge in [0.1, 0.15) is 11.6 Å². The molecule has 0 radical (unpaired) electrons. The maximum atomic E-state index is 9.81. The van der Waals surface area contributed by atoms with Crippen LogP contribution in [0.15, 0.2) is 36.7 Å². The Balaban J connectivity index is 1.46. The van der Waals surface area contributed by atoms with E-state index in [-0.39, 0.29) is 16.8 Å². The van der Waals surface area contributed by atoms with Crippen LogP contribution in [-0.2, 0) is 18.4 Å². The maximum Gasteiger partial charge on any atom is 0.143 e. The van der Waals surface area contributed by atoms with Crippen LogP contribution in [0.25, 0.3) is 11.3 Å². The van der Waals surface area contributed by atoms with Gasteiger partial charge in [0.25, 0.3) is 0 Å². The third kappa shape index (κ3) is 3.26. The van der Waals surface area contributed by atoms with Crippen molar-refractivity contribution in [1.29, 1.82) is 0 Å². The smallest absolute Gasteiger partial charge is 0.143 e. The highest BCUT2D eigenvalue weighted by atomic mass is 32.2. The molecule has 1 saturated carbocycles. The second-order valence-electron chi connectivity index (χ2n) is 8.43. The van der Waals surface area contributed by atoms with Crippen LogP contribution in [0.3, 0.4) is 0 Å². The molecular formula is C22H25N5OS. The van der Waals surface area contributed by atoms with Crippen molar-refractivity contribution in [2.45, 2.75) is 49.8 Å². The van der Waals surface area contributed by atoms with Gasteiger partial charge in [-0.05, 0) is 32.3 Å². The van der Waals surface area contributed by atoms with E-state index in [4.69, 9.17) is 0 Å². The van der Waals surface area contributed by atoms with Crippen LogP contribution in [0.1, 0.15) is 42.7 Å². The highest BCUT2D eigenvalue weighted by molar-refractivity contribution is 8.00. The van der Waals surface area contributed by atoms with Crippen LogP contribution in [0.5, 0.6) is 0 Å². The molecule has 3 aromatic rings. The SMILES string of the molecule is Cc1cnc(-c2ccc(C3(c4nnc5n4CCS[C@@](C)(CO)C5)CC3)cc2)cn1. The van der Waals surface area contributed by atoms with Gasteiger partial charge in [-0.15, -0.1) is 10.2 Å². The molecule has 0 amide bonds. The van der Waals surface area contributed by atoms with Crippen molar-refractivity contribution in [2.24, 2.45) is 0 Å². The Morgan fingerprint density at radius 1 is 1.10 bits per heavy atom. The van der Waals surface area contributed by atoms with Gasteiger partial charge in [-0.2, -0.15) is 11.8 Å². The van der Waals surface area contributed by atoms with E-state index in [9.17, 15) is 5.11 Å². The van der Waals surface area contributed by atoms with Gasteiger partial charge in [-0.1, -0.05) is 24.3 Å². The number of benzene rings is 1. The van der Waals surface area contributed by atoms with E-state index in [0.717, 1.165) is 60.2 Å². The van der Waals surface area contributed by atoms with E-state index in [2.05, 4.69) is 55.9 Å². The molecule has 2 aromatic heterocycles. The number of aromatic nitrogens is 5. The van der Waals surface area contributed by atoms with E-state index < -0.39 is 0 Å². The molecule has 0 spiro atoms. The topological polar surface area (TPSA) is 76.7 Å². The van der Waals surface area contributed by atoms with Crippen molar-refractivity contribution in [3.05, 3.63) is 59.6 Å². The number of rotatable bonds is 4. The van der Waals surface area contributed by atoms with Gasteiger partial charge in [-0.25, -0.2) is 0 Å². The second-order valence-corrected chi connectivity index (χ2v) is 10.1. The second kappa shape index (κ2) is 6.92. The number of aryl methyl sites for hydroxylation is 1. The minimum Gasteiger partial charge on any atom is -0.395 e. The number of thioether (sulfide) groups is 1. The number of nitrogens with zero attached hydrogens (tertiary/aromatic N) is 5. The summed E-state index contributed by atoms with van der Waals surface area (Å²) in [6.07, 6.45) is 6.57. The summed E-state index contributed by atoms with van der Waals surface area (Å²) < 4.78 is 2.13. The first-order valence-electron chi connectivity index (χ1n) is 10.1. The van der Waals surface area contributed by atoms with Crippen molar-refractivity contribution >= 4 is 11.8 Å². The van der Waals surface area contributed by atoms with Crippen molar-refractivity contribution in [3.63, 3.8) is 0 Å². The molecular weight excluding hydrogens is 382 g/mol. The summed E-state index contributed by atoms with van der Waals surface area (Å²) >= 11 is 1.83. The largest absolute Gasteiger partial charge is 0.395 e. The third-order valence-corrected chi connectivity index (χ3v) is 7.51. The van der Waals surface area contributed by atoms with Gasteiger partial charge in [-0.3, -0.25) is 9.97 Å². The van der Waals surface area contributed by atoms with Crippen LogP contribution < -0.4 is 0 Å². The molecule has 0 bridgehead atoms. The van der Waals surface area contributed by atoms with E-state index in [1.807, 2.05) is 24.9 Å². The average Bonchev–Trinajstić information content (AvgIpc) is 3.49. The number of hydrogen-bond donors (Lipinski definition) is 1. The molecule has 6 nitrogen and oxygen atoms in total.